The molecule has 1 unspecified atom stereocenters. The highest BCUT2D eigenvalue weighted by Crippen LogP contribution is 2.25. The number of nitrogens with two attached hydrogens (primary N) is 1. The summed E-state index contributed by atoms with van der Waals surface area (Å²) in [5, 5.41) is 4.27. The highest BCUT2D eigenvalue weighted by atomic mass is 16.5. The minimum atomic E-state index is -0.0720. The van der Waals surface area contributed by atoms with Gasteiger partial charge in [-0.1, -0.05) is 18.2 Å². The first-order valence-electron chi connectivity index (χ1n) is 6.73. The number of para-hydroxylation sites is 1. The van der Waals surface area contributed by atoms with E-state index in [-0.39, 0.29) is 6.04 Å². The van der Waals surface area contributed by atoms with Gasteiger partial charge in [-0.2, -0.15) is 5.10 Å². The average Bonchev–Trinajstić information content (AvgIpc) is 2.87. The van der Waals surface area contributed by atoms with Crippen molar-refractivity contribution in [1.29, 1.82) is 0 Å². The fourth-order valence-electron chi connectivity index (χ4n) is 2.12. The summed E-state index contributed by atoms with van der Waals surface area (Å²) in [7, 11) is 0. The van der Waals surface area contributed by atoms with Crippen LogP contribution in [-0.2, 0) is 13.0 Å². The molecular formula is C15H21N3O. The van der Waals surface area contributed by atoms with E-state index in [2.05, 4.69) is 12.0 Å². The third-order valence-electron chi connectivity index (χ3n) is 3.08. The zero-order chi connectivity index (χ0) is 13.7. The standard InChI is InChI=1S/C15H21N3O/c1-3-18-11-12(10-17-18)9-14(16)13-7-5-6-8-15(13)19-4-2/h5-8,10-11,14H,3-4,9,16H2,1-2H3. The van der Waals surface area contributed by atoms with E-state index in [1.807, 2.05) is 48.3 Å². The molecular weight excluding hydrogens is 238 g/mol. The molecule has 1 aromatic carbocycles. The third kappa shape index (κ3) is 3.35. The van der Waals surface area contributed by atoms with Crippen LogP contribution in [-0.4, -0.2) is 16.4 Å². The lowest BCUT2D eigenvalue weighted by Gasteiger charge is -2.15. The van der Waals surface area contributed by atoms with Crippen LogP contribution in [0.3, 0.4) is 0 Å². The minimum absolute atomic E-state index is 0.0720. The predicted octanol–water partition coefficient (Wildman–Crippen LogP) is 2.54. The van der Waals surface area contributed by atoms with Gasteiger partial charge in [0, 0.05) is 24.3 Å². The molecule has 2 N–H and O–H groups in total. The van der Waals surface area contributed by atoms with Crippen molar-refractivity contribution in [2.24, 2.45) is 5.73 Å². The zero-order valence-electron chi connectivity index (χ0n) is 11.5. The van der Waals surface area contributed by atoms with Crippen molar-refractivity contribution < 1.29 is 4.74 Å². The smallest absolute Gasteiger partial charge is 0.124 e. The SMILES string of the molecule is CCOc1ccccc1C(N)Cc1cnn(CC)c1. The highest BCUT2D eigenvalue weighted by Gasteiger charge is 2.13. The Morgan fingerprint density at radius 3 is 2.79 bits per heavy atom. The van der Waals surface area contributed by atoms with Crippen LogP contribution in [0.15, 0.2) is 36.7 Å². The van der Waals surface area contributed by atoms with Gasteiger partial charge < -0.3 is 10.5 Å². The predicted molar refractivity (Wildman–Crippen MR) is 76.1 cm³/mol. The van der Waals surface area contributed by atoms with Gasteiger partial charge in [-0.15, -0.1) is 0 Å². The first-order valence-corrected chi connectivity index (χ1v) is 6.73. The molecule has 0 bridgehead atoms. The number of hydrogen-bond donors (Lipinski definition) is 1. The molecule has 1 atom stereocenters. The van der Waals surface area contributed by atoms with Crippen LogP contribution in [0.2, 0.25) is 0 Å². The van der Waals surface area contributed by atoms with Crippen LogP contribution in [0.5, 0.6) is 5.75 Å². The summed E-state index contributed by atoms with van der Waals surface area (Å²) in [6.45, 7) is 5.58. The molecule has 0 spiro atoms. The van der Waals surface area contributed by atoms with Crippen molar-refractivity contribution in [3.63, 3.8) is 0 Å². The van der Waals surface area contributed by atoms with Gasteiger partial charge in [0.15, 0.2) is 0 Å². The van der Waals surface area contributed by atoms with Gasteiger partial charge in [0.1, 0.15) is 5.75 Å². The number of benzene rings is 1. The Balaban J connectivity index is 2.12. The van der Waals surface area contributed by atoms with E-state index in [1.54, 1.807) is 0 Å². The van der Waals surface area contributed by atoms with Crippen LogP contribution >= 0.6 is 0 Å². The molecule has 0 radical (unpaired) electrons. The molecule has 0 fully saturated rings. The molecule has 19 heavy (non-hydrogen) atoms. The van der Waals surface area contributed by atoms with E-state index in [1.165, 1.54) is 0 Å². The van der Waals surface area contributed by atoms with Crippen LogP contribution in [0.1, 0.15) is 31.0 Å². The van der Waals surface area contributed by atoms with E-state index in [0.29, 0.717) is 6.61 Å². The molecule has 1 aromatic heterocycles. The van der Waals surface area contributed by atoms with Crippen LogP contribution in [0.25, 0.3) is 0 Å². The van der Waals surface area contributed by atoms with Crippen LogP contribution in [0.4, 0.5) is 0 Å². The van der Waals surface area contributed by atoms with Crippen molar-refractivity contribution in [2.75, 3.05) is 6.61 Å². The summed E-state index contributed by atoms with van der Waals surface area (Å²) in [4.78, 5) is 0. The molecule has 0 aliphatic heterocycles. The fourth-order valence-corrected chi connectivity index (χ4v) is 2.12. The van der Waals surface area contributed by atoms with Gasteiger partial charge in [0.25, 0.3) is 0 Å². The lowest BCUT2D eigenvalue weighted by atomic mass is 10.0. The second-order valence-corrected chi connectivity index (χ2v) is 4.49. The maximum atomic E-state index is 6.29. The Hall–Kier alpha value is -1.81. The Bertz CT molecular complexity index is 522. The Morgan fingerprint density at radius 1 is 1.32 bits per heavy atom. The maximum Gasteiger partial charge on any atom is 0.124 e. The van der Waals surface area contributed by atoms with Gasteiger partial charge in [0.2, 0.25) is 0 Å². The summed E-state index contributed by atoms with van der Waals surface area (Å²) in [5.74, 6) is 0.875. The maximum absolute atomic E-state index is 6.29. The van der Waals surface area contributed by atoms with E-state index in [9.17, 15) is 0 Å². The topological polar surface area (TPSA) is 53.1 Å². The Labute approximate surface area is 114 Å². The quantitative estimate of drug-likeness (QED) is 0.867. The average molecular weight is 259 g/mol. The number of rotatable bonds is 6. The summed E-state index contributed by atoms with van der Waals surface area (Å²) >= 11 is 0. The summed E-state index contributed by atoms with van der Waals surface area (Å²) < 4.78 is 7.53. The number of aromatic nitrogens is 2. The van der Waals surface area contributed by atoms with E-state index >= 15 is 0 Å². The van der Waals surface area contributed by atoms with Crippen molar-refractivity contribution in [3.8, 4) is 5.75 Å². The highest BCUT2D eigenvalue weighted by molar-refractivity contribution is 5.36. The van der Waals surface area contributed by atoms with Crippen molar-refractivity contribution in [3.05, 3.63) is 47.8 Å². The van der Waals surface area contributed by atoms with Crippen LogP contribution < -0.4 is 10.5 Å². The number of ether oxygens (including phenoxy) is 1. The van der Waals surface area contributed by atoms with Crippen LogP contribution in [0, 0.1) is 0 Å². The normalized spacial score (nSPS) is 12.4. The fraction of sp³-hybridized carbons (Fsp3) is 0.400. The molecule has 102 valence electrons. The summed E-state index contributed by atoms with van der Waals surface area (Å²) in [6.07, 6.45) is 4.69. The first kappa shape index (κ1) is 13.6. The molecule has 0 saturated heterocycles. The second kappa shape index (κ2) is 6.38. The third-order valence-corrected chi connectivity index (χ3v) is 3.08. The molecule has 0 saturated carbocycles. The Morgan fingerprint density at radius 2 is 2.11 bits per heavy atom. The Kier molecular flexibility index (Phi) is 4.58. The van der Waals surface area contributed by atoms with Gasteiger partial charge in [-0.25, -0.2) is 0 Å². The summed E-state index contributed by atoms with van der Waals surface area (Å²) in [6, 6.07) is 7.88. The van der Waals surface area contributed by atoms with Crippen molar-refractivity contribution >= 4 is 0 Å². The molecule has 0 amide bonds. The largest absolute Gasteiger partial charge is 0.494 e. The zero-order valence-corrected chi connectivity index (χ0v) is 11.5. The van der Waals surface area contributed by atoms with Gasteiger partial charge in [-0.3, -0.25) is 4.68 Å². The summed E-state index contributed by atoms with van der Waals surface area (Å²) in [5.41, 5.74) is 8.49. The molecule has 4 heteroatoms. The molecule has 0 aliphatic carbocycles. The van der Waals surface area contributed by atoms with Crippen molar-refractivity contribution in [1.82, 2.24) is 9.78 Å². The van der Waals surface area contributed by atoms with Crippen molar-refractivity contribution in [2.45, 2.75) is 32.9 Å². The lowest BCUT2D eigenvalue weighted by molar-refractivity contribution is 0.334. The van der Waals surface area contributed by atoms with E-state index < -0.39 is 0 Å². The molecule has 2 rings (SSSR count). The number of hydrogen-bond acceptors (Lipinski definition) is 3. The molecule has 2 aromatic rings. The van der Waals surface area contributed by atoms with Gasteiger partial charge in [-0.05, 0) is 31.9 Å². The number of nitrogens with zero attached hydrogens (tertiary/aromatic N) is 2. The molecule has 0 aliphatic rings. The molecule has 4 nitrogen and oxygen atoms in total. The minimum Gasteiger partial charge on any atom is -0.494 e. The van der Waals surface area contributed by atoms with Gasteiger partial charge >= 0.3 is 0 Å². The lowest BCUT2D eigenvalue weighted by Crippen LogP contribution is -2.14. The first-order chi connectivity index (χ1) is 9.24. The van der Waals surface area contributed by atoms with E-state index in [4.69, 9.17) is 10.5 Å². The number of aryl methyl sites for hydroxylation is 1. The molecule has 1 heterocycles. The van der Waals surface area contributed by atoms with Gasteiger partial charge in [0.05, 0.1) is 12.8 Å². The van der Waals surface area contributed by atoms with E-state index in [0.717, 1.165) is 29.8 Å². The monoisotopic (exact) mass is 259 g/mol. The second-order valence-electron chi connectivity index (χ2n) is 4.49.